The summed E-state index contributed by atoms with van der Waals surface area (Å²) in [7, 11) is 0. The maximum atomic E-state index is 8.83. The number of aromatic nitrogens is 4. The Labute approximate surface area is 108 Å². The second-order valence-electron chi connectivity index (χ2n) is 3.96. The van der Waals surface area contributed by atoms with Crippen LogP contribution in [0.1, 0.15) is 10.7 Å². The lowest BCUT2D eigenvalue weighted by atomic mass is 10.3. The standard InChI is InChI=1S/C12H12N4OS/c17-6-5-9-7-16(15-14-9)8-12-13-10-3-1-2-4-11(10)18-12/h1-4,7,17H,5-6,8H2. The highest BCUT2D eigenvalue weighted by Crippen LogP contribution is 2.21. The number of benzene rings is 1. The van der Waals surface area contributed by atoms with Gasteiger partial charge in [-0.15, -0.1) is 16.4 Å². The topological polar surface area (TPSA) is 63.8 Å². The van der Waals surface area contributed by atoms with Crippen molar-refractivity contribution in [1.82, 2.24) is 20.0 Å². The van der Waals surface area contributed by atoms with E-state index in [0.29, 0.717) is 13.0 Å². The summed E-state index contributed by atoms with van der Waals surface area (Å²) >= 11 is 1.67. The molecule has 0 aliphatic heterocycles. The number of thiazole rings is 1. The first kappa shape index (κ1) is 11.3. The van der Waals surface area contributed by atoms with Crippen LogP contribution in [0.3, 0.4) is 0 Å². The maximum absolute atomic E-state index is 8.83. The zero-order valence-corrected chi connectivity index (χ0v) is 10.5. The molecule has 2 heterocycles. The molecule has 0 aliphatic carbocycles. The molecule has 1 N–H and O–H groups in total. The van der Waals surface area contributed by atoms with Crippen LogP contribution in [0, 0.1) is 0 Å². The molecule has 0 spiro atoms. The molecule has 6 heteroatoms. The minimum atomic E-state index is 0.0971. The lowest BCUT2D eigenvalue weighted by molar-refractivity contribution is 0.298. The molecule has 3 aromatic rings. The van der Waals surface area contributed by atoms with Gasteiger partial charge in [0, 0.05) is 19.2 Å². The summed E-state index contributed by atoms with van der Waals surface area (Å²) in [6.07, 6.45) is 2.39. The summed E-state index contributed by atoms with van der Waals surface area (Å²) in [5.41, 5.74) is 1.83. The van der Waals surface area contributed by atoms with Crippen LogP contribution in [-0.4, -0.2) is 31.7 Å². The highest BCUT2D eigenvalue weighted by Gasteiger charge is 2.05. The van der Waals surface area contributed by atoms with Crippen molar-refractivity contribution in [2.45, 2.75) is 13.0 Å². The Morgan fingerprint density at radius 3 is 3.00 bits per heavy atom. The number of rotatable bonds is 4. The average Bonchev–Trinajstić information content (AvgIpc) is 2.96. The monoisotopic (exact) mass is 260 g/mol. The molecule has 0 bridgehead atoms. The van der Waals surface area contributed by atoms with Crippen molar-refractivity contribution in [3.63, 3.8) is 0 Å². The lowest BCUT2D eigenvalue weighted by Gasteiger charge is -1.93. The van der Waals surface area contributed by atoms with Crippen molar-refractivity contribution in [3.05, 3.63) is 41.2 Å². The summed E-state index contributed by atoms with van der Waals surface area (Å²) < 4.78 is 2.94. The first-order valence-electron chi connectivity index (χ1n) is 5.69. The molecule has 1 aromatic carbocycles. The van der Waals surface area contributed by atoms with E-state index in [1.54, 1.807) is 16.0 Å². The van der Waals surface area contributed by atoms with Crippen LogP contribution in [0.4, 0.5) is 0 Å². The highest BCUT2D eigenvalue weighted by atomic mass is 32.1. The SMILES string of the molecule is OCCc1cn(Cc2nc3ccccc3s2)nn1. The van der Waals surface area contributed by atoms with Gasteiger partial charge >= 0.3 is 0 Å². The van der Waals surface area contributed by atoms with Crippen molar-refractivity contribution >= 4 is 21.6 Å². The molecule has 92 valence electrons. The second kappa shape index (κ2) is 4.83. The van der Waals surface area contributed by atoms with Gasteiger partial charge < -0.3 is 5.11 Å². The lowest BCUT2D eigenvalue weighted by Crippen LogP contribution is -1.99. The largest absolute Gasteiger partial charge is 0.396 e. The molecule has 18 heavy (non-hydrogen) atoms. The summed E-state index contributed by atoms with van der Waals surface area (Å²) in [6.45, 7) is 0.720. The van der Waals surface area contributed by atoms with Crippen LogP contribution >= 0.6 is 11.3 Å². The first-order valence-corrected chi connectivity index (χ1v) is 6.51. The van der Waals surface area contributed by atoms with Crippen molar-refractivity contribution < 1.29 is 5.11 Å². The van der Waals surface area contributed by atoms with Gasteiger partial charge in [0.25, 0.3) is 0 Å². The van der Waals surface area contributed by atoms with E-state index in [9.17, 15) is 0 Å². The predicted octanol–water partition coefficient (Wildman–Crippen LogP) is 1.47. The normalized spacial score (nSPS) is 11.2. The van der Waals surface area contributed by atoms with Gasteiger partial charge in [0.05, 0.1) is 22.5 Å². The Bertz CT molecular complexity index is 628. The number of nitrogens with zero attached hydrogens (tertiary/aromatic N) is 4. The molecule has 0 unspecified atom stereocenters. The summed E-state index contributed by atoms with van der Waals surface area (Å²) in [5.74, 6) is 0. The van der Waals surface area contributed by atoms with Gasteiger partial charge in [-0.25, -0.2) is 9.67 Å². The molecule has 3 rings (SSSR count). The average molecular weight is 260 g/mol. The fraction of sp³-hybridized carbons (Fsp3) is 0.250. The quantitative estimate of drug-likeness (QED) is 0.771. The molecular weight excluding hydrogens is 248 g/mol. The molecule has 0 amide bonds. The van der Waals surface area contributed by atoms with E-state index in [4.69, 9.17) is 5.11 Å². The van der Waals surface area contributed by atoms with E-state index in [1.807, 2.05) is 24.4 Å². The third kappa shape index (κ3) is 2.25. The van der Waals surface area contributed by atoms with Crippen LogP contribution in [0.2, 0.25) is 0 Å². The van der Waals surface area contributed by atoms with E-state index in [-0.39, 0.29) is 6.61 Å². The minimum Gasteiger partial charge on any atom is -0.396 e. The third-order valence-electron chi connectivity index (χ3n) is 2.59. The number of fused-ring (bicyclic) bond motifs is 1. The first-order chi connectivity index (χ1) is 8.85. The van der Waals surface area contributed by atoms with Gasteiger partial charge in [-0.3, -0.25) is 0 Å². The fourth-order valence-corrected chi connectivity index (χ4v) is 2.73. The second-order valence-corrected chi connectivity index (χ2v) is 5.07. The molecule has 0 saturated carbocycles. The Hall–Kier alpha value is -1.79. The van der Waals surface area contributed by atoms with Gasteiger partial charge in [0.1, 0.15) is 5.01 Å². The Morgan fingerprint density at radius 1 is 1.28 bits per heavy atom. The van der Waals surface area contributed by atoms with Crippen LogP contribution < -0.4 is 0 Å². The molecule has 0 saturated heterocycles. The number of hydrogen-bond acceptors (Lipinski definition) is 5. The van der Waals surface area contributed by atoms with E-state index >= 15 is 0 Å². The van der Waals surface area contributed by atoms with Crippen molar-refractivity contribution in [2.24, 2.45) is 0 Å². The van der Waals surface area contributed by atoms with Crippen LogP contribution in [0.25, 0.3) is 10.2 Å². The fourth-order valence-electron chi connectivity index (χ4n) is 1.77. The minimum absolute atomic E-state index is 0.0971. The smallest absolute Gasteiger partial charge is 0.115 e. The number of aliphatic hydroxyl groups excluding tert-OH is 1. The highest BCUT2D eigenvalue weighted by molar-refractivity contribution is 7.18. The van der Waals surface area contributed by atoms with Gasteiger partial charge in [-0.05, 0) is 12.1 Å². The summed E-state index contributed by atoms with van der Waals surface area (Å²) in [6, 6.07) is 8.07. The zero-order chi connectivity index (χ0) is 12.4. The Kier molecular flexibility index (Phi) is 3.04. The molecule has 0 radical (unpaired) electrons. The van der Waals surface area contributed by atoms with E-state index < -0.39 is 0 Å². The van der Waals surface area contributed by atoms with Crippen molar-refractivity contribution in [1.29, 1.82) is 0 Å². The number of aliphatic hydroxyl groups is 1. The van der Waals surface area contributed by atoms with E-state index in [0.717, 1.165) is 16.2 Å². The summed E-state index contributed by atoms with van der Waals surface area (Å²) in [4.78, 5) is 4.54. The van der Waals surface area contributed by atoms with Gasteiger partial charge in [-0.2, -0.15) is 0 Å². The molecule has 0 aliphatic rings. The van der Waals surface area contributed by atoms with Crippen molar-refractivity contribution in [3.8, 4) is 0 Å². The Morgan fingerprint density at radius 2 is 2.17 bits per heavy atom. The molecule has 5 nitrogen and oxygen atoms in total. The number of hydrogen-bond donors (Lipinski definition) is 1. The van der Waals surface area contributed by atoms with Gasteiger partial charge in [0.15, 0.2) is 0 Å². The maximum Gasteiger partial charge on any atom is 0.115 e. The van der Waals surface area contributed by atoms with Crippen LogP contribution in [-0.2, 0) is 13.0 Å². The van der Waals surface area contributed by atoms with Crippen molar-refractivity contribution in [2.75, 3.05) is 6.61 Å². The number of para-hydroxylation sites is 1. The molecule has 2 aromatic heterocycles. The molecule has 0 fully saturated rings. The zero-order valence-electron chi connectivity index (χ0n) is 9.65. The molecular formula is C12H12N4OS. The van der Waals surface area contributed by atoms with E-state index in [2.05, 4.69) is 21.4 Å². The molecule has 0 atom stereocenters. The predicted molar refractivity (Wildman–Crippen MR) is 69.5 cm³/mol. The van der Waals surface area contributed by atoms with Crippen LogP contribution in [0.5, 0.6) is 0 Å². The van der Waals surface area contributed by atoms with Gasteiger partial charge in [-0.1, -0.05) is 17.3 Å². The summed E-state index contributed by atoms with van der Waals surface area (Å²) in [5, 5.41) is 17.8. The van der Waals surface area contributed by atoms with Gasteiger partial charge in [0.2, 0.25) is 0 Å². The third-order valence-corrected chi connectivity index (χ3v) is 3.61. The Balaban J connectivity index is 1.82. The van der Waals surface area contributed by atoms with Crippen LogP contribution in [0.15, 0.2) is 30.5 Å². The van der Waals surface area contributed by atoms with E-state index in [1.165, 1.54) is 4.70 Å².